The van der Waals surface area contributed by atoms with Gasteiger partial charge in [-0.25, -0.2) is 0 Å². The number of aliphatic imine (C=N–C) groups is 1. The number of likely N-dealkylation sites (N-methyl/N-ethyl adjacent to an activating group) is 1. The number of hydrogen-bond donors (Lipinski definition) is 1. The molecule has 0 spiro atoms. The molecule has 5 heteroatoms. The Bertz CT molecular complexity index is 909. The summed E-state index contributed by atoms with van der Waals surface area (Å²) >= 11 is 0. The van der Waals surface area contributed by atoms with Crippen LogP contribution in [0.3, 0.4) is 0 Å². The van der Waals surface area contributed by atoms with Gasteiger partial charge in [0, 0.05) is 51.8 Å². The molecule has 0 bridgehead atoms. The molecule has 2 aliphatic rings. The Labute approximate surface area is 172 Å². The summed E-state index contributed by atoms with van der Waals surface area (Å²) in [5, 5.41) is 10.5. The summed E-state index contributed by atoms with van der Waals surface area (Å²) in [6.45, 7) is 2.77. The molecule has 0 fully saturated rings. The van der Waals surface area contributed by atoms with Crippen LogP contribution in [-0.4, -0.2) is 59.3 Å². The topological polar surface area (TPSA) is 56.1 Å². The maximum atomic E-state index is 12.5. The zero-order valence-corrected chi connectivity index (χ0v) is 17.1. The Balaban J connectivity index is 1.21. The standard InChI is InChI=1S/C24H29N3O2/c1-26(24(29)11-10-21-14-19-7-4-5-9-23(19)25-21)16-22(28)17-27-13-12-18-6-2-3-8-20(18)15-27/h2-9,22,28H,10-17H2,1H3/t22-/m1/s1. The molecule has 2 aliphatic heterocycles. The van der Waals surface area contributed by atoms with Gasteiger partial charge in [0.2, 0.25) is 5.91 Å². The van der Waals surface area contributed by atoms with Crippen LogP contribution in [0.1, 0.15) is 29.5 Å². The molecule has 0 unspecified atom stereocenters. The second kappa shape index (κ2) is 8.89. The normalized spacial score (nSPS) is 16.7. The molecule has 2 heterocycles. The van der Waals surface area contributed by atoms with Crippen LogP contribution in [-0.2, 0) is 24.2 Å². The molecule has 0 aromatic heterocycles. The largest absolute Gasteiger partial charge is 0.390 e. The first-order valence-electron chi connectivity index (χ1n) is 10.4. The van der Waals surface area contributed by atoms with E-state index in [0.717, 1.165) is 37.3 Å². The van der Waals surface area contributed by atoms with Crippen LogP contribution in [0.25, 0.3) is 0 Å². The van der Waals surface area contributed by atoms with Crippen LogP contribution in [0.2, 0.25) is 0 Å². The molecule has 1 N–H and O–H groups in total. The van der Waals surface area contributed by atoms with E-state index >= 15 is 0 Å². The van der Waals surface area contributed by atoms with Crippen LogP contribution < -0.4 is 0 Å². The number of carbonyl (C=O) groups is 1. The van der Waals surface area contributed by atoms with Crippen molar-refractivity contribution in [1.82, 2.24) is 9.80 Å². The number of amides is 1. The third-order valence-electron chi connectivity index (χ3n) is 5.88. The number of hydrogen-bond acceptors (Lipinski definition) is 4. The number of nitrogens with zero attached hydrogens (tertiary/aromatic N) is 3. The molecule has 5 nitrogen and oxygen atoms in total. The van der Waals surface area contributed by atoms with Crippen LogP contribution >= 0.6 is 0 Å². The Kier molecular flexibility index (Phi) is 6.07. The summed E-state index contributed by atoms with van der Waals surface area (Å²) < 4.78 is 0. The summed E-state index contributed by atoms with van der Waals surface area (Å²) in [7, 11) is 1.78. The summed E-state index contributed by atoms with van der Waals surface area (Å²) in [5.74, 6) is 0.0618. The number of aliphatic hydroxyl groups excluding tert-OH is 1. The lowest BCUT2D eigenvalue weighted by molar-refractivity contribution is -0.131. The zero-order valence-electron chi connectivity index (χ0n) is 17.1. The van der Waals surface area contributed by atoms with E-state index in [2.05, 4.69) is 40.2 Å². The fraction of sp³-hybridized carbons (Fsp3) is 0.417. The van der Waals surface area contributed by atoms with Crippen LogP contribution in [0.15, 0.2) is 53.5 Å². The van der Waals surface area contributed by atoms with Crippen molar-refractivity contribution in [2.24, 2.45) is 4.99 Å². The minimum Gasteiger partial charge on any atom is -0.390 e. The van der Waals surface area contributed by atoms with E-state index in [1.165, 1.54) is 16.7 Å². The van der Waals surface area contributed by atoms with Crippen molar-refractivity contribution in [3.05, 3.63) is 65.2 Å². The lowest BCUT2D eigenvalue weighted by atomic mass is 10.00. The smallest absolute Gasteiger partial charge is 0.222 e. The summed E-state index contributed by atoms with van der Waals surface area (Å²) in [5.41, 5.74) is 6.08. The monoisotopic (exact) mass is 391 g/mol. The first-order chi connectivity index (χ1) is 14.1. The number of fused-ring (bicyclic) bond motifs is 2. The Hall–Kier alpha value is -2.50. The van der Waals surface area contributed by atoms with E-state index in [1.54, 1.807) is 11.9 Å². The Morgan fingerprint density at radius 1 is 1.14 bits per heavy atom. The van der Waals surface area contributed by atoms with Crippen molar-refractivity contribution in [1.29, 1.82) is 0 Å². The number of aliphatic hydroxyl groups is 1. The molecule has 1 amide bonds. The molecule has 152 valence electrons. The summed E-state index contributed by atoms with van der Waals surface area (Å²) in [6, 6.07) is 16.6. The van der Waals surface area contributed by atoms with Gasteiger partial charge in [0.25, 0.3) is 0 Å². The predicted molar refractivity (Wildman–Crippen MR) is 116 cm³/mol. The highest BCUT2D eigenvalue weighted by Gasteiger charge is 2.21. The van der Waals surface area contributed by atoms with Crippen LogP contribution in [0, 0.1) is 0 Å². The van der Waals surface area contributed by atoms with E-state index in [4.69, 9.17) is 0 Å². The zero-order chi connectivity index (χ0) is 20.2. The average Bonchev–Trinajstić information content (AvgIpc) is 3.14. The second-order valence-electron chi connectivity index (χ2n) is 8.17. The molecule has 0 saturated heterocycles. The quantitative estimate of drug-likeness (QED) is 0.789. The number of para-hydroxylation sites is 1. The van der Waals surface area contributed by atoms with Gasteiger partial charge in [0.1, 0.15) is 0 Å². The summed E-state index contributed by atoms with van der Waals surface area (Å²) in [6.07, 6.45) is 2.43. The molecule has 0 aliphatic carbocycles. The predicted octanol–water partition coefficient (Wildman–Crippen LogP) is 2.97. The van der Waals surface area contributed by atoms with Gasteiger partial charge in [-0.2, -0.15) is 0 Å². The molecule has 0 saturated carbocycles. The van der Waals surface area contributed by atoms with E-state index in [1.807, 2.05) is 18.2 Å². The van der Waals surface area contributed by atoms with Gasteiger partial charge in [0.15, 0.2) is 0 Å². The van der Waals surface area contributed by atoms with Crippen molar-refractivity contribution in [2.75, 3.05) is 26.7 Å². The van der Waals surface area contributed by atoms with Gasteiger partial charge in [-0.15, -0.1) is 0 Å². The Morgan fingerprint density at radius 3 is 2.66 bits per heavy atom. The van der Waals surface area contributed by atoms with Crippen molar-refractivity contribution < 1.29 is 9.90 Å². The molecule has 2 aromatic rings. The minimum absolute atomic E-state index is 0.0618. The number of rotatable bonds is 7. The van der Waals surface area contributed by atoms with E-state index < -0.39 is 6.10 Å². The first kappa shape index (κ1) is 19.8. The lowest BCUT2D eigenvalue weighted by Gasteiger charge is -2.31. The van der Waals surface area contributed by atoms with Crippen molar-refractivity contribution in [2.45, 2.75) is 38.3 Å². The third-order valence-corrected chi connectivity index (χ3v) is 5.88. The molecule has 1 atom stereocenters. The van der Waals surface area contributed by atoms with Crippen LogP contribution in [0.5, 0.6) is 0 Å². The lowest BCUT2D eigenvalue weighted by Crippen LogP contribution is -2.42. The van der Waals surface area contributed by atoms with Gasteiger partial charge in [-0.05, 0) is 35.6 Å². The maximum absolute atomic E-state index is 12.5. The highest BCUT2D eigenvalue weighted by molar-refractivity contribution is 5.95. The van der Waals surface area contributed by atoms with Gasteiger partial charge < -0.3 is 10.0 Å². The average molecular weight is 392 g/mol. The van der Waals surface area contributed by atoms with E-state index in [0.29, 0.717) is 25.9 Å². The molecule has 2 aromatic carbocycles. The van der Waals surface area contributed by atoms with Gasteiger partial charge in [-0.3, -0.25) is 14.7 Å². The first-order valence-corrected chi connectivity index (χ1v) is 10.4. The fourth-order valence-electron chi connectivity index (χ4n) is 4.27. The van der Waals surface area contributed by atoms with E-state index in [-0.39, 0.29) is 5.91 Å². The van der Waals surface area contributed by atoms with Crippen molar-refractivity contribution in [3.8, 4) is 0 Å². The van der Waals surface area contributed by atoms with Gasteiger partial charge in [-0.1, -0.05) is 42.5 Å². The van der Waals surface area contributed by atoms with Crippen molar-refractivity contribution >= 4 is 17.3 Å². The van der Waals surface area contributed by atoms with Gasteiger partial charge >= 0.3 is 0 Å². The van der Waals surface area contributed by atoms with Gasteiger partial charge in [0.05, 0.1) is 11.8 Å². The van der Waals surface area contributed by atoms with E-state index in [9.17, 15) is 9.90 Å². The maximum Gasteiger partial charge on any atom is 0.222 e. The van der Waals surface area contributed by atoms with Crippen LogP contribution in [0.4, 0.5) is 5.69 Å². The molecule has 0 radical (unpaired) electrons. The Morgan fingerprint density at radius 2 is 1.86 bits per heavy atom. The third kappa shape index (κ3) is 4.92. The molecule has 4 rings (SSSR count). The SMILES string of the molecule is CN(C[C@@H](O)CN1CCc2ccccc2C1)C(=O)CCC1=Nc2ccccc2C1. The molecule has 29 heavy (non-hydrogen) atoms. The fourth-order valence-corrected chi connectivity index (χ4v) is 4.27. The summed E-state index contributed by atoms with van der Waals surface area (Å²) in [4.78, 5) is 21.1. The second-order valence-corrected chi connectivity index (χ2v) is 8.17. The minimum atomic E-state index is -0.540. The highest BCUT2D eigenvalue weighted by Crippen LogP contribution is 2.27. The van der Waals surface area contributed by atoms with Crippen molar-refractivity contribution in [3.63, 3.8) is 0 Å². The number of carbonyl (C=O) groups excluding carboxylic acids is 1. The number of benzene rings is 2. The highest BCUT2D eigenvalue weighted by atomic mass is 16.3. The molecular formula is C24H29N3O2. The number of β-amino-alcohol motifs (C(OH)–C–C–N with tert-alkyl or cyclic N) is 1. The molecular weight excluding hydrogens is 362 g/mol.